The summed E-state index contributed by atoms with van der Waals surface area (Å²) in [6.07, 6.45) is 0. The van der Waals surface area contributed by atoms with Crippen molar-refractivity contribution in [3.05, 3.63) is 28.0 Å². The van der Waals surface area contributed by atoms with Gasteiger partial charge < -0.3 is 0 Å². The number of halogens is 2. The molecule has 0 fully saturated rings. The Morgan fingerprint density at radius 1 is 1.75 bits per heavy atom. The molecular formula is C5H2BrClN. The fraction of sp³-hybridized carbons (Fsp3) is 0. The topological polar surface area (TPSA) is 12.9 Å². The molecule has 0 N–H and O–H groups in total. The van der Waals surface area contributed by atoms with Crippen LogP contribution in [-0.4, -0.2) is 4.98 Å². The van der Waals surface area contributed by atoms with Gasteiger partial charge in [0.1, 0.15) is 9.76 Å². The molecule has 0 atom stereocenters. The average molecular weight is 191 g/mol. The summed E-state index contributed by atoms with van der Waals surface area (Å²) in [6.45, 7) is 0. The average Bonchev–Trinajstić information content (AvgIpc) is 1.64. The zero-order chi connectivity index (χ0) is 5.98. The van der Waals surface area contributed by atoms with E-state index in [0.29, 0.717) is 5.15 Å². The Kier molecular flexibility index (Phi) is 1.86. The van der Waals surface area contributed by atoms with E-state index in [1.54, 1.807) is 12.1 Å². The maximum atomic E-state index is 5.45. The third kappa shape index (κ3) is 1.46. The quantitative estimate of drug-likeness (QED) is 0.574. The Balaban J connectivity index is 3.08. The van der Waals surface area contributed by atoms with Gasteiger partial charge in [0.2, 0.25) is 0 Å². The lowest BCUT2D eigenvalue weighted by Crippen LogP contribution is -1.72. The van der Waals surface area contributed by atoms with Gasteiger partial charge in [-0.25, -0.2) is 4.98 Å². The van der Waals surface area contributed by atoms with Crippen LogP contribution in [-0.2, 0) is 0 Å². The van der Waals surface area contributed by atoms with Crippen LogP contribution < -0.4 is 0 Å². The van der Waals surface area contributed by atoms with Crippen LogP contribution in [0.2, 0.25) is 5.15 Å². The SMILES string of the molecule is Clc1[c]ccc(Br)n1. The molecular weight excluding hydrogens is 189 g/mol. The maximum absolute atomic E-state index is 5.45. The molecule has 3 heteroatoms. The summed E-state index contributed by atoms with van der Waals surface area (Å²) in [5.74, 6) is 0. The lowest BCUT2D eigenvalue weighted by molar-refractivity contribution is 1.27. The molecule has 1 nitrogen and oxygen atoms in total. The Bertz CT molecular complexity index is 172. The Hall–Kier alpha value is -0.0800. The first-order valence-electron chi connectivity index (χ1n) is 1.99. The van der Waals surface area contributed by atoms with Crippen molar-refractivity contribution in [1.82, 2.24) is 4.98 Å². The van der Waals surface area contributed by atoms with E-state index < -0.39 is 0 Å². The molecule has 0 aliphatic rings. The first kappa shape index (κ1) is 6.05. The number of rotatable bonds is 0. The summed E-state index contributed by atoms with van der Waals surface area (Å²) in [7, 11) is 0. The zero-order valence-electron chi connectivity index (χ0n) is 3.86. The van der Waals surface area contributed by atoms with Gasteiger partial charge >= 0.3 is 0 Å². The standard InChI is InChI=1S/C5H2BrClN/c6-4-2-1-3-5(7)8-4/h1-2H. The Morgan fingerprint density at radius 3 is 2.88 bits per heavy atom. The number of hydrogen-bond acceptors (Lipinski definition) is 1. The second kappa shape index (κ2) is 2.46. The highest BCUT2D eigenvalue weighted by Gasteiger charge is 1.86. The van der Waals surface area contributed by atoms with Crippen molar-refractivity contribution in [2.24, 2.45) is 0 Å². The first-order chi connectivity index (χ1) is 3.79. The number of pyridine rings is 1. The molecule has 0 saturated carbocycles. The molecule has 0 unspecified atom stereocenters. The van der Waals surface area contributed by atoms with Crippen LogP contribution in [0.25, 0.3) is 0 Å². The molecule has 1 radical (unpaired) electrons. The Labute approximate surface area is 60.8 Å². The van der Waals surface area contributed by atoms with Crippen LogP contribution in [0.5, 0.6) is 0 Å². The van der Waals surface area contributed by atoms with Crippen LogP contribution in [0.3, 0.4) is 0 Å². The highest BCUT2D eigenvalue weighted by Crippen LogP contribution is 2.08. The third-order valence-corrected chi connectivity index (χ3v) is 1.26. The molecule has 1 heterocycles. The van der Waals surface area contributed by atoms with Crippen molar-refractivity contribution in [3.8, 4) is 0 Å². The maximum Gasteiger partial charge on any atom is 0.138 e. The molecule has 1 aromatic heterocycles. The second-order valence-electron chi connectivity index (χ2n) is 1.20. The number of aromatic nitrogens is 1. The fourth-order valence-corrected chi connectivity index (χ4v) is 0.908. The van der Waals surface area contributed by atoms with Gasteiger partial charge in [-0.15, -0.1) is 0 Å². The van der Waals surface area contributed by atoms with E-state index in [1.807, 2.05) is 0 Å². The van der Waals surface area contributed by atoms with Gasteiger partial charge in [-0.1, -0.05) is 11.6 Å². The van der Waals surface area contributed by atoms with E-state index >= 15 is 0 Å². The molecule has 41 valence electrons. The van der Waals surface area contributed by atoms with E-state index in [9.17, 15) is 0 Å². The molecule has 0 bridgehead atoms. The van der Waals surface area contributed by atoms with Gasteiger partial charge in [-0.05, 0) is 28.1 Å². The summed E-state index contributed by atoms with van der Waals surface area (Å²) >= 11 is 8.59. The highest BCUT2D eigenvalue weighted by molar-refractivity contribution is 9.10. The summed E-state index contributed by atoms with van der Waals surface area (Å²) in [5.41, 5.74) is 0. The van der Waals surface area contributed by atoms with Crippen LogP contribution in [0.15, 0.2) is 16.7 Å². The smallest absolute Gasteiger partial charge is 0.138 e. The van der Waals surface area contributed by atoms with Crippen LogP contribution in [0.4, 0.5) is 0 Å². The van der Waals surface area contributed by atoms with Crippen molar-refractivity contribution in [3.63, 3.8) is 0 Å². The van der Waals surface area contributed by atoms with E-state index in [4.69, 9.17) is 11.6 Å². The minimum Gasteiger partial charge on any atom is -0.229 e. The van der Waals surface area contributed by atoms with Crippen molar-refractivity contribution in [2.45, 2.75) is 0 Å². The lowest BCUT2D eigenvalue weighted by Gasteiger charge is -1.85. The fourth-order valence-electron chi connectivity index (χ4n) is 0.343. The normalized spacial score (nSPS) is 9.25. The first-order valence-corrected chi connectivity index (χ1v) is 3.16. The van der Waals surface area contributed by atoms with Crippen LogP contribution >= 0.6 is 27.5 Å². The van der Waals surface area contributed by atoms with Gasteiger partial charge in [0.25, 0.3) is 0 Å². The van der Waals surface area contributed by atoms with Crippen molar-refractivity contribution >= 4 is 27.5 Å². The minimum absolute atomic E-state index is 0.388. The summed E-state index contributed by atoms with van der Waals surface area (Å²) < 4.78 is 0.737. The largest absolute Gasteiger partial charge is 0.229 e. The van der Waals surface area contributed by atoms with E-state index in [-0.39, 0.29) is 0 Å². The molecule has 0 aliphatic heterocycles. The number of nitrogens with zero attached hydrogens (tertiary/aromatic N) is 1. The molecule has 1 rings (SSSR count). The molecule has 0 aliphatic carbocycles. The minimum atomic E-state index is 0.388. The summed E-state index contributed by atoms with van der Waals surface area (Å²) in [4.78, 5) is 3.80. The molecule has 0 aromatic carbocycles. The van der Waals surface area contributed by atoms with E-state index in [1.165, 1.54) is 0 Å². The monoisotopic (exact) mass is 190 g/mol. The predicted octanol–water partition coefficient (Wildman–Crippen LogP) is 2.30. The zero-order valence-corrected chi connectivity index (χ0v) is 6.20. The molecule has 8 heavy (non-hydrogen) atoms. The van der Waals surface area contributed by atoms with Gasteiger partial charge in [-0.3, -0.25) is 0 Å². The van der Waals surface area contributed by atoms with Crippen molar-refractivity contribution in [2.75, 3.05) is 0 Å². The van der Waals surface area contributed by atoms with Crippen molar-refractivity contribution in [1.29, 1.82) is 0 Å². The Morgan fingerprint density at radius 2 is 2.50 bits per heavy atom. The predicted molar refractivity (Wildman–Crippen MR) is 35.8 cm³/mol. The van der Waals surface area contributed by atoms with Crippen LogP contribution in [0, 0.1) is 6.07 Å². The van der Waals surface area contributed by atoms with Crippen LogP contribution in [0.1, 0.15) is 0 Å². The molecule has 1 aromatic rings. The van der Waals surface area contributed by atoms with Gasteiger partial charge in [0.05, 0.1) is 0 Å². The number of hydrogen-bond donors (Lipinski definition) is 0. The van der Waals surface area contributed by atoms with Gasteiger partial charge in [-0.2, -0.15) is 0 Å². The highest BCUT2D eigenvalue weighted by atomic mass is 79.9. The van der Waals surface area contributed by atoms with Gasteiger partial charge in [0, 0.05) is 6.07 Å². The third-order valence-electron chi connectivity index (χ3n) is 0.628. The molecule has 0 spiro atoms. The molecule has 0 saturated heterocycles. The van der Waals surface area contributed by atoms with E-state index in [0.717, 1.165) is 4.60 Å². The second-order valence-corrected chi connectivity index (χ2v) is 2.37. The van der Waals surface area contributed by atoms with Gasteiger partial charge in [0.15, 0.2) is 0 Å². The van der Waals surface area contributed by atoms with Crippen molar-refractivity contribution < 1.29 is 0 Å². The molecule has 0 amide bonds. The van der Waals surface area contributed by atoms with E-state index in [2.05, 4.69) is 27.0 Å². The lowest BCUT2D eigenvalue weighted by atomic mass is 10.5. The summed E-state index contributed by atoms with van der Waals surface area (Å²) in [5, 5.41) is 0.388. The summed E-state index contributed by atoms with van der Waals surface area (Å²) in [6, 6.07) is 6.17.